The summed E-state index contributed by atoms with van der Waals surface area (Å²) in [6.45, 7) is 1.68. The molecule has 2 rings (SSSR count). The van der Waals surface area contributed by atoms with Gasteiger partial charge in [-0.05, 0) is 12.0 Å². The van der Waals surface area contributed by atoms with E-state index in [-0.39, 0.29) is 0 Å². The van der Waals surface area contributed by atoms with Crippen molar-refractivity contribution in [2.45, 2.75) is 25.2 Å². The number of hydrogen-bond donors (Lipinski definition) is 0. The van der Waals surface area contributed by atoms with E-state index < -0.39 is 5.79 Å². The predicted molar refractivity (Wildman–Crippen MR) is 69.7 cm³/mol. The summed E-state index contributed by atoms with van der Waals surface area (Å²) in [5.41, 5.74) is 1.14. The lowest BCUT2D eigenvalue weighted by atomic mass is 10.2. The molecule has 1 aromatic carbocycles. The molecule has 0 radical (unpaired) electrons. The Balaban J connectivity index is 1.79. The third-order valence-corrected chi connectivity index (χ3v) is 3.26. The largest absolute Gasteiger partial charge is 0.371 e. The molecule has 1 aromatic rings. The number of benzene rings is 1. The van der Waals surface area contributed by atoms with Crippen molar-refractivity contribution < 1.29 is 17.8 Å². The van der Waals surface area contributed by atoms with Crippen molar-refractivity contribution in [3.8, 4) is 0 Å². The van der Waals surface area contributed by atoms with Crippen LogP contribution in [-0.2, 0) is 24.4 Å². The third kappa shape index (κ3) is 3.96. The Morgan fingerprint density at radius 1 is 1.33 bits per heavy atom. The zero-order valence-corrected chi connectivity index (χ0v) is 11.3. The van der Waals surface area contributed by atoms with Crippen LogP contribution in [0.4, 0.5) is 0 Å². The van der Waals surface area contributed by atoms with Crippen LogP contribution in [0.25, 0.3) is 0 Å². The highest BCUT2D eigenvalue weighted by molar-refractivity contribution is 7.89. The monoisotopic (exact) mass is 270 g/mol. The van der Waals surface area contributed by atoms with E-state index in [1.807, 2.05) is 30.3 Å². The van der Waals surface area contributed by atoms with Crippen LogP contribution in [0, 0.1) is 0 Å². The molecule has 1 heterocycles. The molecule has 0 aromatic heterocycles. The maximum absolute atomic E-state index is 5.69. The normalized spacial score (nSPS) is 23.4. The van der Waals surface area contributed by atoms with Crippen LogP contribution in [0.3, 0.4) is 0 Å². The van der Waals surface area contributed by atoms with E-state index in [2.05, 4.69) is 0 Å². The van der Waals surface area contributed by atoms with Gasteiger partial charge in [0.05, 0.1) is 20.3 Å². The predicted octanol–water partition coefficient (Wildman–Crippen LogP) is 2.94. The summed E-state index contributed by atoms with van der Waals surface area (Å²) in [6, 6.07) is 10.1. The Hall–Kier alpha value is -0.590. The van der Waals surface area contributed by atoms with Gasteiger partial charge in [0.25, 0.3) is 0 Å². The van der Waals surface area contributed by atoms with E-state index in [1.54, 1.807) is 7.11 Å². The molecule has 0 N–H and O–H groups in total. The molecule has 0 saturated carbocycles. The second-order valence-corrected chi connectivity index (χ2v) is 4.80. The van der Waals surface area contributed by atoms with Crippen molar-refractivity contribution in [3.63, 3.8) is 0 Å². The Labute approximate surface area is 112 Å². The van der Waals surface area contributed by atoms with E-state index >= 15 is 0 Å². The molecule has 5 heteroatoms. The van der Waals surface area contributed by atoms with E-state index in [0.717, 1.165) is 30.7 Å². The first-order chi connectivity index (χ1) is 8.85. The van der Waals surface area contributed by atoms with Gasteiger partial charge in [0.2, 0.25) is 5.79 Å². The van der Waals surface area contributed by atoms with Gasteiger partial charge < -0.3 is 9.47 Å². The van der Waals surface area contributed by atoms with Gasteiger partial charge in [0, 0.05) is 6.42 Å². The molecular weight excluding hydrogens is 252 g/mol. The summed E-state index contributed by atoms with van der Waals surface area (Å²) in [6.07, 6.45) is 1.82. The van der Waals surface area contributed by atoms with Gasteiger partial charge >= 0.3 is 0 Å². The van der Waals surface area contributed by atoms with E-state index in [9.17, 15) is 0 Å². The Kier molecular flexibility index (Phi) is 5.46. The second kappa shape index (κ2) is 7.11. The van der Waals surface area contributed by atoms with Crippen LogP contribution in [0.5, 0.6) is 0 Å². The van der Waals surface area contributed by atoms with Crippen LogP contribution in [0.2, 0.25) is 0 Å². The topological polar surface area (TPSA) is 36.9 Å². The number of ether oxygens (including phenoxy) is 2. The summed E-state index contributed by atoms with van der Waals surface area (Å²) < 4.78 is 21.7. The smallest absolute Gasteiger partial charge is 0.207 e. The van der Waals surface area contributed by atoms with Crippen molar-refractivity contribution in [3.05, 3.63) is 35.9 Å². The van der Waals surface area contributed by atoms with Gasteiger partial charge in [-0.3, -0.25) is 8.37 Å². The molecule has 1 unspecified atom stereocenters. The van der Waals surface area contributed by atoms with Crippen LogP contribution in [0.15, 0.2) is 30.3 Å². The first-order valence-electron chi connectivity index (χ1n) is 5.99. The minimum atomic E-state index is -0.657. The first-order valence-corrected chi connectivity index (χ1v) is 6.65. The standard InChI is InChI=1S/C13H18O4S/c1-14-18-17-13(8-5-9-16-13)11-15-10-12-6-3-2-4-7-12/h2-4,6-7H,5,8-11H2,1H3. The van der Waals surface area contributed by atoms with Gasteiger partial charge in [-0.2, -0.15) is 0 Å². The van der Waals surface area contributed by atoms with Crippen LogP contribution >= 0.6 is 12.3 Å². The average Bonchev–Trinajstić information content (AvgIpc) is 2.87. The van der Waals surface area contributed by atoms with Crippen molar-refractivity contribution in [2.24, 2.45) is 0 Å². The second-order valence-electron chi connectivity index (χ2n) is 4.16. The lowest BCUT2D eigenvalue weighted by Crippen LogP contribution is -2.35. The molecule has 1 saturated heterocycles. The number of hydrogen-bond acceptors (Lipinski definition) is 5. The van der Waals surface area contributed by atoms with Crippen LogP contribution < -0.4 is 0 Å². The fourth-order valence-electron chi connectivity index (χ4n) is 1.87. The molecule has 18 heavy (non-hydrogen) atoms. The first kappa shape index (κ1) is 13.8. The molecule has 1 atom stereocenters. The van der Waals surface area contributed by atoms with Gasteiger partial charge in [-0.25, -0.2) is 0 Å². The zero-order valence-electron chi connectivity index (χ0n) is 10.5. The molecule has 1 aliphatic heterocycles. The SMILES string of the molecule is COSOC1(COCc2ccccc2)CCCO1. The van der Waals surface area contributed by atoms with Crippen molar-refractivity contribution in [1.82, 2.24) is 0 Å². The van der Waals surface area contributed by atoms with Crippen LogP contribution in [-0.4, -0.2) is 26.1 Å². The van der Waals surface area contributed by atoms with Gasteiger partial charge in [0.1, 0.15) is 6.61 Å². The van der Waals surface area contributed by atoms with Crippen molar-refractivity contribution >= 4 is 12.3 Å². The van der Waals surface area contributed by atoms with E-state index in [0.29, 0.717) is 19.8 Å². The molecule has 0 aliphatic carbocycles. The fraction of sp³-hybridized carbons (Fsp3) is 0.538. The Bertz CT molecular complexity index is 338. The quantitative estimate of drug-likeness (QED) is 0.712. The Morgan fingerprint density at radius 2 is 2.17 bits per heavy atom. The lowest BCUT2D eigenvalue weighted by Gasteiger charge is -2.26. The molecule has 0 bridgehead atoms. The Morgan fingerprint density at radius 3 is 2.83 bits per heavy atom. The maximum atomic E-state index is 5.69. The van der Waals surface area contributed by atoms with Gasteiger partial charge in [-0.15, -0.1) is 0 Å². The van der Waals surface area contributed by atoms with E-state index in [1.165, 1.54) is 0 Å². The fourth-order valence-corrected chi connectivity index (χ4v) is 2.24. The summed E-state index contributed by atoms with van der Waals surface area (Å²) in [5.74, 6) is -0.657. The number of rotatable bonds is 7. The van der Waals surface area contributed by atoms with Crippen LogP contribution in [0.1, 0.15) is 18.4 Å². The highest BCUT2D eigenvalue weighted by Gasteiger charge is 2.37. The lowest BCUT2D eigenvalue weighted by molar-refractivity contribution is -0.182. The van der Waals surface area contributed by atoms with E-state index in [4.69, 9.17) is 17.8 Å². The molecule has 0 amide bonds. The molecule has 0 spiro atoms. The summed E-state index contributed by atoms with van der Waals surface area (Å²) >= 11 is 0.945. The van der Waals surface area contributed by atoms with Gasteiger partial charge in [0.15, 0.2) is 12.3 Å². The average molecular weight is 270 g/mol. The summed E-state index contributed by atoms with van der Waals surface area (Å²) in [7, 11) is 1.57. The summed E-state index contributed by atoms with van der Waals surface area (Å²) in [5, 5.41) is 0. The highest BCUT2D eigenvalue weighted by Crippen LogP contribution is 2.31. The minimum Gasteiger partial charge on any atom is -0.371 e. The molecule has 4 nitrogen and oxygen atoms in total. The zero-order chi connectivity index (χ0) is 12.7. The van der Waals surface area contributed by atoms with Gasteiger partial charge in [-0.1, -0.05) is 30.3 Å². The molecule has 100 valence electrons. The highest BCUT2D eigenvalue weighted by atomic mass is 32.2. The maximum Gasteiger partial charge on any atom is 0.207 e. The third-order valence-electron chi connectivity index (χ3n) is 2.75. The molecular formula is C13H18O4S. The van der Waals surface area contributed by atoms with Crippen molar-refractivity contribution in [1.29, 1.82) is 0 Å². The van der Waals surface area contributed by atoms with Crippen molar-refractivity contribution in [2.75, 3.05) is 20.3 Å². The summed E-state index contributed by atoms with van der Waals surface area (Å²) in [4.78, 5) is 0. The molecule has 1 fully saturated rings. The molecule has 1 aliphatic rings. The minimum absolute atomic E-state index is 0.415.